The molecular weight excluding hydrogens is 370 g/mol. The van der Waals surface area contributed by atoms with Crippen LogP contribution in [0.4, 0.5) is 4.79 Å². The Morgan fingerprint density at radius 2 is 1.69 bits per heavy atom. The fraction of sp³-hybridized carbons (Fsp3) is 0.391. The first-order valence-electron chi connectivity index (χ1n) is 10.1. The largest absolute Gasteiger partial charge is 0.481 e. The summed E-state index contributed by atoms with van der Waals surface area (Å²) in [6.45, 7) is 1.42. The minimum Gasteiger partial charge on any atom is -0.481 e. The highest BCUT2D eigenvalue weighted by atomic mass is 16.6. The summed E-state index contributed by atoms with van der Waals surface area (Å²) in [4.78, 5) is 26.0. The van der Waals surface area contributed by atoms with Gasteiger partial charge < -0.3 is 19.5 Å². The van der Waals surface area contributed by atoms with Crippen molar-refractivity contribution in [1.29, 1.82) is 0 Å². The molecule has 29 heavy (non-hydrogen) atoms. The molecule has 1 N–H and O–H groups in total. The van der Waals surface area contributed by atoms with Crippen LogP contribution in [0, 0.1) is 11.8 Å². The molecule has 0 saturated carbocycles. The zero-order chi connectivity index (χ0) is 20.0. The fourth-order valence-corrected chi connectivity index (χ4v) is 5.05. The van der Waals surface area contributed by atoms with E-state index in [1.54, 1.807) is 4.90 Å². The van der Waals surface area contributed by atoms with E-state index in [4.69, 9.17) is 9.47 Å². The second-order valence-electron chi connectivity index (χ2n) is 8.04. The molecule has 3 atom stereocenters. The van der Waals surface area contributed by atoms with E-state index in [0.717, 1.165) is 17.5 Å². The van der Waals surface area contributed by atoms with Crippen LogP contribution in [0.25, 0.3) is 11.1 Å². The predicted octanol–water partition coefficient (Wildman–Crippen LogP) is 3.36. The van der Waals surface area contributed by atoms with Crippen LogP contribution in [0.3, 0.4) is 0 Å². The molecule has 2 aromatic rings. The number of aliphatic carboxylic acids is 1. The summed E-state index contributed by atoms with van der Waals surface area (Å²) in [7, 11) is 0. The Balaban J connectivity index is 1.32. The van der Waals surface area contributed by atoms with Gasteiger partial charge in [-0.1, -0.05) is 48.5 Å². The zero-order valence-corrected chi connectivity index (χ0v) is 16.0. The van der Waals surface area contributed by atoms with Crippen LogP contribution in [0.15, 0.2) is 48.5 Å². The molecule has 2 aliphatic heterocycles. The van der Waals surface area contributed by atoms with Gasteiger partial charge in [0.2, 0.25) is 0 Å². The van der Waals surface area contributed by atoms with Crippen LogP contribution < -0.4 is 0 Å². The number of ether oxygens (including phenoxy) is 2. The van der Waals surface area contributed by atoms with E-state index in [1.165, 1.54) is 11.1 Å². The lowest BCUT2D eigenvalue weighted by molar-refractivity contribution is -0.150. The van der Waals surface area contributed by atoms with Crippen molar-refractivity contribution >= 4 is 12.1 Å². The van der Waals surface area contributed by atoms with Crippen molar-refractivity contribution in [2.75, 3.05) is 26.3 Å². The van der Waals surface area contributed by atoms with E-state index in [1.807, 2.05) is 24.3 Å². The molecule has 6 heteroatoms. The van der Waals surface area contributed by atoms with Crippen LogP contribution in [-0.2, 0) is 14.3 Å². The Bertz CT molecular complexity index is 912. The summed E-state index contributed by atoms with van der Waals surface area (Å²) in [6.07, 6.45) is 0.0373. The standard InChI is InChI=1S/C23H23NO5/c25-22(26)19-12-24(11-14-9-10-28-21(14)19)23(27)29-13-20-17-7-3-1-5-15(17)16-6-2-4-8-18(16)20/h1-8,14,19-21H,9-13H2,(H,25,26). The summed E-state index contributed by atoms with van der Waals surface area (Å²) in [5.74, 6) is -1.56. The number of benzene rings is 2. The van der Waals surface area contributed by atoms with Crippen LogP contribution in [0.5, 0.6) is 0 Å². The van der Waals surface area contributed by atoms with E-state index in [0.29, 0.717) is 13.2 Å². The molecule has 0 spiro atoms. The summed E-state index contributed by atoms with van der Waals surface area (Å²) in [6, 6.07) is 16.4. The number of rotatable bonds is 3. The maximum atomic E-state index is 12.8. The molecule has 5 rings (SSSR count). The van der Waals surface area contributed by atoms with Crippen LogP contribution in [0.1, 0.15) is 23.5 Å². The van der Waals surface area contributed by atoms with Gasteiger partial charge in [0, 0.05) is 31.5 Å². The number of fused-ring (bicyclic) bond motifs is 4. The Morgan fingerprint density at radius 3 is 2.34 bits per heavy atom. The van der Waals surface area contributed by atoms with Crippen LogP contribution in [0.2, 0.25) is 0 Å². The van der Waals surface area contributed by atoms with E-state index in [9.17, 15) is 14.7 Å². The summed E-state index contributed by atoms with van der Waals surface area (Å²) in [5.41, 5.74) is 4.68. The molecule has 2 heterocycles. The maximum Gasteiger partial charge on any atom is 0.409 e. The van der Waals surface area contributed by atoms with Crippen molar-refractivity contribution in [3.8, 4) is 11.1 Å². The number of carbonyl (C=O) groups excluding carboxylic acids is 1. The number of likely N-dealkylation sites (tertiary alicyclic amines) is 1. The molecule has 6 nitrogen and oxygen atoms in total. The first-order valence-corrected chi connectivity index (χ1v) is 10.1. The molecule has 3 aliphatic rings. The van der Waals surface area contributed by atoms with E-state index in [-0.39, 0.29) is 31.1 Å². The van der Waals surface area contributed by atoms with Crippen LogP contribution in [-0.4, -0.2) is 54.5 Å². The quantitative estimate of drug-likeness (QED) is 0.865. The average molecular weight is 393 g/mol. The van der Waals surface area contributed by atoms with Gasteiger partial charge in [-0.2, -0.15) is 0 Å². The Hall–Kier alpha value is -2.86. The number of piperidine rings is 1. The lowest BCUT2D eigenvalue weighted by Crippen LogP contribution is -2.52. The van der Waals surface area contributed by atoms with Crippen molar-refractivity contribution in [1.82, 2.24) is 4.90 Å². The molecule has 3 unspecified atom stereocenters. The van der Waals surface area contributed by atoms with Gasteiger partial charge in [0.05, 0.1) is 6.10 Å². The molecule has 1 aliphatic carbocycles. The van der Waals surface area contributed by atoms with E-state index < -0.39 is 18.0 Å². The molecule has 2 aromatic carbocycles. The molecular formula is C23H23NO5. The van der Waals surface area contributed by atoms with Crippen molar-refractivity contribution in [3.63, 3.8) is 0 Å². The summed E-state index contributed by atoms with van der Waals surface area (Å²) in [5, 5.41) is 9.55. The van der Waals surface area contributed by atoms with Gasteiger partial charge in [-0.05, 0) is 28.7 Å². The monoisotopic (exact) mass is 393 g/mol. The Kier molecular flexibility index (Phi) is 4.51. The fourth-order valence-electron chi connectivity index (χ4n) is 5.05. The first-order chi connectivity index (χ1) is 14.1. The summed E-state index contributed by atoms with van der Waals surface area (Å²) < 4.78 is 11.3. The number of carboxylic acids is 1. The lowest BCUT2D eigenvalue weighted by atomic mass is 9.86. The van der Waals surface area contributed by atoms with Gasteiger partial charge >= 0.3 is 12.1 Å². The second kappa shape index (κ2) is 7.19. The van der Waals surface area contributed by atoms with E-state index >= 15 is 0 Å². The molecule has 0 aromatic heterocycles. The van der Waals surface area contributed by atoms with E-state index in [2.05, 4.69) is 24.3 Å². The topological polar surface area (TPSA) is 76.1 Å². The smallest absolute Gasteiger partial charge is 0.409 e. The summed E-state index contributed by atoms with van der Waals surface area (Å²) >= 11 is 0. The van der Waals surface area contributed by atoms with Gasteiger partial charge in [-0.25, -0.2) is 4.79 Å². The molecule has 2 fully saturated rings. The Labute approximate surface area is 169 Å². The second-order valence-corrected chi connectivity index (χ2v) is 8.04. The van der Waals surface area contributed by atoms with Crippen molar-refractivity contribution in [2.45, 2.75) is 18.4 Å². The average Bonchev–Trinajstić information content (AvgIpc) is 3.34. The highest BCUT2D eigenvalue weighted by Crippen LogP contribution is 2.44. The maximum absolute atomic E-state index is 12.8. The minimum atomic E-state index is -0.918. The molecule has 2 saturated heterocycles. The third-order valence-corrected chi connectivity index (χ3v) is 6.44. The highest BCUT2D eigenvalue weighted by molar-refractivity contribution is 5.79. The third-order valence-electron chi connectivity index (χ3n) is 6.44. The minimum absolute atomic E-state index is 0.00558. The molecule has 0 radical (unpaired) electrons. The lowest BCUT2D eigenvalue weighted by Gasteiger charge is -2.37. The van der Waals surface area contributed by atoms with Gasteiger partial charge in [0.15, 0.2) is 0 Å². The van der Waals surface area contributed by atoms with Crippen molar-refractivity contribution in [3.05, 3.63) is 59.7 Å². The third kappa shape index (κ3) is 3.08. The van der Waals surface area contributed by atoms with Gasteiger partial charge in [0.1, 0.15) is 12.5 Å². The number of nitrogens with zero attached hydrogens (tertiary/aromatic N) is 1. The van der Waals surface area contributed by atoms with Gasteiger partial charge in [0.25, 0.3) is 0 Å². The SMILES string of the molecule is O=C(O)C1CN(C(=O)OCC2c3ccccc3-c3ccccc32)CC2CCOC21. The normalized spacial score (nSPS) is 25.2. The Morgan fingerprint density at radius 1 is 1.03 bits per heavy atom. The highest BCUT2D eigenvalue weighted by Gasteiger charge is 2.46. The molecule has 1 amide bonds. The number of carbonyl (C=O) groups is 2. The van der Waals surface area contributed by atoms with Gasteiger partial charge in [-0.3, -0.25) is 4.79 Å². The van der Waals surface area contributed by atoms with Gasteiger partial charge in [-0.15, -0.1) is 0 Å². The zero-order valence-electron chi connectivity index (χ0n) is 16.0. The van der Waals surface area contributed by atoms with Crippen molar-refractivity contribution < 1.29 is 24.2 Å². The van der Waals surface area contributed by atoms with Crippen LogP contribution >= 0.6 is 0 Å². The predicted molar refractivity (Wildman–Crippen MR) is 106 cm³/mol. The number of hydrogen-bond acceptors (Lipinski definition) is 4. The number of hydrogen-bond donors (Lipinski definition) is 1. The first kappa shape index (κ1) is 18.2. The number of carboxylic acid groups (broad SMARTS) is 1. The number of amides is 1. The molecule has 150 valence electrons. The molecule has 0 bridgehead atoms. The van der Waals surface area contributed by atoms with Crippen molar-refractivity contribution in [2.24, 2.45) is 11.8 Å².